The monoisotopic (exact) mass is 445 g/mol. The first-order chi connectivity index (χ1) is 13.1. The summed E-state index contributed by atoms with van der Waals surface area (Å²) >= 11 is 3.49. The van der Waals surface area contributed by atoms with E-state index in [9.17, 15) is 4.79 Å². The molecule has 7 heteroatoms. The number of methoxy groups -OCH3 is 1. The topological polar surface area (TPSA) is 65.7 Å². The lowest BCUT2D eigenvalue weighted by atomic mass is 10.0. The molecule has 0 aliphatic heterocycles. The molecular formula is C21H24BrN3O3. The van der Waals surface area contributed by atoms with Gasteiger partial charge >= 0.3 is 5.97 Å². The summed E-state index contributed by atoms with van der Waals surface area (Å²) in [5.41, 5.74) is 4.16. The predicted octanol–water partition coefficient (Wildman–Crippen LogP) is 4.80. The van der Waals surface area contributed by atoms with Crippen LogP contribution in [-0.4, -0.2) is 33.3 Å². The molecule has 28 heavy (non-hydrogen) atoms. The Kier molecular flexibility index (Phi) is 5.59. The number of aromatic nitrogens is 3. The molecule has 0 fully saturated rings. The first kappa shape index (κ1) is 20.5. The van der Waals surface area contributed by atoms with Gasteiger partial charge in [0.05, 0.1) is 18.4 Å². The summed E-state index contributed by atoms with van der Waals surface area (Å²) in [5, 5.41) is 4.72. The number of carbonyl (C=O) groups is 1. The molecule has 1 unspecified atom stereocenters. The van der Waals surface area contributed by atoms with Crippen molar-refractivity contribution < 1.29 is 14.3 Å². The molecule has 3 rings (SSSR count). The number of aryl methyl sites for hydroxylation is 2. The minimum Gasteiger partial charge on any atom is -0.467 e. The third kappa shape index (κ3) is 4.10. The van der Waals surface area contributed by atoms with Crippen molar-refractivity contribution in [2.24, 2.45) is 0 Å². The molecule has 1 atom stereocenters. The SMILES string of the molecule is COC(=O)C(OC(C)(C)C)c1c(C)nc2cc(-c3cccc(Br)c3)nn2c1C. The molecule has 0 aliphatic rings. The van der Waals surface area contributed by atoms with E-state index in [2.05, 4.69) is 20.9 Å². The van der Waals surface area contributed by atoms with Gasteiger partial charge < -0.3 is 9.47 Å². The van der Waals surface area contributed by atoms with E-state index in [1.54, 1.807) is 4.52 Å². The fourth-order valence-corrected chi connectivity index (χ4v) is 3.56. The number of nitrogens with zero attached hydrogens (tertiary/aromatic N) is 3. The van der Waals surface area contributed by atoms with Gasteiger partial charge in [0, 0.05) is 33.1 Å². The highest BCUT2D eigenvalue weighted by Gasteiger charge is 2.32. The Bertz CT molecular complexity index is 1040. The van der Waals surface area contributed by atoms with Gasteiger partial charge in [0.2, 0.25) is 0 Å². The maximum Gasteiger partial charge on any atom is 0.339 e. The molecular weight excluding hydrogens is 422 g/mol. The second-order valence-corrected chi connectivity index (χ2v) is 8.56. The summed E-state index contributed by atoms with van der Waals surface area (Å²) in [7, 11) is 1.36. The lowest BCUT2D eigenvalue weighted by Gasteiger charge is -2.27. The Morgan fingerprint density at radius 2 is 1.93 bits per heavy atom. The number of benzene rings is 1. The van der Waals surface area contributed by atoms with Gasteiger partial charge in [-0.3, -0.25) is 0 Å². The molecule has 0 saturated carbocycles. The van der Waals surface area contributed by atoms with Crippen LogP contribution in [0.15, 0.2) is 34.8 Å². The standard InChI is InChI=1S/C21H24BrN3O3/c1-12-18(19(20(26)27-6)28-21(3,4)5)13(2)25-17(23-12)11-16(24-25)14-8-7-9-15(22)10-14/h7-11,19H,1-6H3. The second kappa shape index (κ2) is 7.64. The lowest BCUT2D eigenvalue weighted by molar-refractivity contribution is -0.164. The van der Waals surface area contributed by atoms with E-state index < -0.39 is 17.7 Å². The van der Waals surface area contributed by atoms with Gasteiger partial charge in [0.25, 0.3) is 0 Å². The normalized spacial score (nSPS) is 13.0. The average Bonchev–Trinajstić information content (AvgIpc) is 3.03. The van der Waals surface area contributed by atoms with Crippen LogP contribution in [0.2, 0.25) is 0 Å². The van der Waals surface area contributed by atoms with Crippen LogP contribution in [0.5, 0.6) is 0 Å². The van der Waals surface area contributed by atoms with Gasteiger partial charge in [-0.15, -0.1) is 0 Å². The van der Waals surface area contributed by atoms with E-state index in [0.717, 1.165) is 21.4 Å². The van der Waals surface area contributed by atoms with Gasteiger partial charge in [0.15, 0.2) is 11.8 Å². The van der Waals surface area contributed by atoms with E-state index in [1.807, 2.05) is 65.0 Å². The molecule has 0 amide bonds. The van der Waals surface area contributed by atoms with E-state index in [0.29, 0.717) is 16.9 Å². The zero-order valence-corrected chi connectivity index (χ0v) is 18.5. The Morgan fingerprint density at radius 3 is 2.54 bits per heavy atom. The molecule has 0 bridgehead atoms. The van der Waals surface area contributed by atoms with E-state index in [-0.39, 0.29) is 0 Å². The molecule has 2 heterocycles. The number of esters is 1. The van der Waals surface area contributed by atoms with Gasteiger partial charge in [-0.05, 0) is 46.8 Å². The number of rotatable bonds is 4. The van der Waals surface area contributed by atoms with Crippen LogP contribution in [0, 0.1) is 13.8 Å². The Labute approximate surface area is 173 Å². The van der Waals surface area contributed by atoms with Crippen LogP contribution in [0.3, 0.4) is 0 Å². The average molecular weight is 446 g/mol. The number of ether oxygens (including phenoxy) is 2. The molecule has 1 aromatic carbocycles. The molecule has 0 radical (unpaired) electrons. The summed E-state index contributed by atoms with van der Waals surface area (Å²) in [5.74, 6) is -0.457. The molecule has 2 aromatic heterocycles. The molecule has 0 spiro atoms. The number of carbonyl (C=O) groups excluding carboxylic acids is 1. The third-order valence-corrected chi connectivity index (χ3v) is 4.83. The largest absolute Gasteiger partial charge is 0.467 e. The van der Waals surface area contributed by atoms with Gasteiger partial charge in [-0.1, -0.05) is 28.1 Å². The first-order valence-electron chi connectivity index (χ1n) is 8.99. The van der Waals surface area contributed by atoms with Crippen LogP contribution in [0.4, 0.5) is 0 Å². The number of fused-ring (bicyclic) bond motifs is 1. The molecule has 148 valence electrons. The highest BCUT2D eigenvalue weighted by atomic mass is 79.9. The van der Waals surface area contributed by atoms with Crippen molar-refractivity contribution in [3.8, 4) is 11.3 Å². The maximum absolute atomic E-state index is 12.5. The first-order valence-corrected chi connectivity index (χ1v) is 9.78. The van der Waals surface area contributed by atoms with Crippen molar-refractivity contribution in [3.63, 3.8) is 0 Å². The van der Waals surface area contributed by atoms with Crippen molar-refractivity contribution in [3.05, 3.63) is 51.8 Å². The van der Waals surface area contributed by atoms with Crippen molar-refractivity contribution in [1.82, 2.24) is 14.6 Å². The van der Waals surface area contributed by atoms with E-state index in [4.69, 9.17) is 14.6 Å². The number of hydrogen-bond donors (Lipinski definition) is 0. The van der Waals surface area contributed by atoms with Crippen LogP contribution in [0.25, 0.3) is 16.9 Å². The molecule has 3 aromatic rings. The summed E-state index contributed by atoms with van der Waals surface area (Å²) in [6.45, 7) is 9.49. The zero-order chi connectivity index (χ0) is 20.6. The fraction of sp³-hybridized carbons (Fsp3) is 0.381. The van der Waals surface area contributed by atoms with Gasteiger partial charge in [-0.2, -0.15) is 5.10 Å². The van der Waals surface area contributed by atoms with Gasteiger partial charge in [0.1, 0.15) is 0 Å². The van der Waals surface area contributed by atoms with Crippen molar-refractivity contribution in [2.45, 2.75) is 46.3 Å². The lowest BCUT2D eigenvalue weighted by Crippen LogP contribution is -2.30. The highest BCUT2D eigenvalue weighted by molar-refractivity contribution is 9.10. The molecule has 0 aliphatic carbocycles. The Morgan fingerprint density at radius 1 is 1.21 bits per heavy atom. The van der Waals surface area contributed by atoms with Gasteiger partial charge in [-0.25, -0.2) is 14.3 Å². The van der Waals surface area contributed by atoms with E-state index in [1.165, 1.54) is 7.11 Å². The number of hydrogen-bond acceptors (Lipinski definition) is 5. The van der Waals surface area contributed by atoms with Crippen molar-refractivity contribution in [1.29, 1.82) is 0 Å². The number of halogens is 1. The summed E-state index contributed by atoms with van der Waals surface area (Å²) in [6.07, 6.45) is -0.875. The zero-order valence-electron chi connectivity index (χ0n) is 16.9. The van der Waals surface area contributed by atoms with Crippen LogP contribution in [-0.2, 0) is 14.3 Å². The maximum atomic E-state index is 12.5. The quantitative estimate of drug-likeness (QED) is 0.539. The van der Waals surface area contributed by atoms with Crippen molar-refractivity contribution in [2.75, 3.05) is 7.11 Å². The minimum atomic E-state index is -0.875. The Balaban J connectivity index is 2.17. The van der Waals surface area contributed by atoms with Crippen LogP contribution < -0.4 is 0 Å². The summed E-state index contributed by atoms with van der Waals surface area (Å²) in [4.78, 5) is 17.2. The van der Waals surface area contributed by atoms with Crippen molar-refractivity contribution >= 4 is 27.5 Å². The Hall–Kier alpha value is -2.25. The van der Waals surface area contributed by atoms with E-state index >= 15 is 0 Å². The molecule has 0 saturated heterocycles. The fourth-order valence-electron chi connectivity index (χ4n) is 3.16. The third-order valence-electron chi connectivity index (χ3n) is 4.34. The molecule has 0 N–H and O–H groups in total. The van der Waals surface area contributed by atoms with Crippen LogP contribution in [0.1, 0.15) is 43.8 Å². The molecule has 6 nitrogen and oxygen atoms in total. The second-order valence-electron chi connectivity index (χ2n) is 7.64. The predicted molar refractivity (Wildman–Crippen MR) is 111 cm³/mol. The summed E-state index contributed by atoms with van der Waals surface area (Å²) < 4.78 is 13.8. The highest BCUT2D eigenvalue weighted by Crippen LogP contribution is 2.31. The summed E-state index contributed by atoms with van der Waals surface area (Å²) in [6, 6.07) is 9.87. The minimum absolute atomic E-state index is 0.457. The van der Waals surface area contributed by atoms with Crippen LogP contribution >= 0.6 is 15.9 Å². The smallest absolute Gasteiger partial charge is 0.339 e.